The Balaban J connectivity index is 1.52. The molecule has 0 unspecified atom stereocenters. The Labute approximate surface area is 119 Å². The quantitative estimate of drug-likeness (QED) is 0.904. The molecule has 0 saturated carbocycles. The van der Waals surface area contributed by atoms with Gasteiger partial charge in [-0.25, -0.2) is 4.39 Å². The molecule has 0 radical (unpaired) electrons. The van der Waals surface area contributed by atoms with Gasteiger partial charge in [0.15, 0.2) is 0 Å². The third-order valence-electron chi connectivity index (χ3n) is 3.94. The van der Waals surface area contributed by atoms with E-state index in [-0.39, 0.29) is 5.82 Å². The van der Waals surface area contributed by atoms with E-state index in [2.05, 4.69) is 33.5 Å². The smallest absolute Gasteiger partial charge is 0.123 e. The largest absolute Gasteiger partial charge is 0.369 e. The van der Waals surface area contributed by atoms with E-state index in [1.807, 2.05) is 19.2 Å². The van der Waals surface area contributed by atoms with Crippen molar-refractivity contribution in [2.24, 2.45) is 0 Å². The molecule has 1 aromatic rings. The molecule has 1 fully saturated rings. The molecule has 2 aliphatic rings. The van der Waals surface area contributed by atoms with Crippen LogP contribution >= 0.6 is 0 Å². The first kappa shape index (κ1) is 13.2. The Morgan fingerprint density at radius 1 is 1.25 bits per heavy atom. The minimum atomic E-state index is -0.179. The number of hydrogen-bond donors (Lipinski definition) is 1. The van der Waals surface area contributed by atoms with E-state index in [4.69, 9.17) is 0 Å². The van der Waals surface area contributed by atoms with Crippen LogP contribution in [0.1, 0.15) is 5.56 Å². The van der Waals surface area contributed by atoms with E-state index < -0.39 is 0 Å². The van der Waals surface area contributed by atoms with Crippen molar-refractivity contribution in [3.8, 4) is 0 Å². The second-order valence-electron chi connectivity index (χ2n) is 5.39. The van der Waals surface area contributed by atoms with Crippen LogP contribution in [0.15, 0.2) is 48.3 Å². The van der Waals surface area contributed by atoms with E-state index in [1.54, 1.807) is 0 Å². The van der Waals surface area contributed by atoms with Gasteiger partial charge in [-0.05, 0) is 36.9 Å². The molecule has 0 spiro atoms. The highest BCUT2D eigenvalue weighted by Crippen LogP contribution is 2.20. The molecule has 3 rings (SSSR count). The normalized spacial score (nSPS) is 19.0. The highest BCUT2D eigenvalue weighted by molar-refractivity contribution is 5.25. The van der Waals surface area contributed by atoms with Crippen LogP contribution in [-0.2, 0) is 6.54 Å². The second kappa shape index (κ2) is 5.67. The molecule has 1 N–H and O–H groups in total. The van der Waals surface area contributed by atoms with Crippen molar-refractivity contribution in [2.75, 3.05) is 26.7 Å². The lowest BCUT2D eigenvalue weighted by Crippen LogP contribution is -2.56. The van der Waals surface area contributed by atoms with Crippen molar-refractivity contribution in [3.63, 3.8) is 0 Å². The van der Waals surface area contributed by atoms with Crippen molar-refractivity contribution < 1.29 is 4.39 Å². The van der Waals surface area contributed by atoms with Gasteiger partial charge in [-0.3, -0.25) is 0 Å². The van der Waals surface area contributed by atoms with Gasteiger partial charge < -0.3 is 15.1 Å². The van der Waals surface area contributed by atoms with Crippen molar-refractivity contribution in [2.45, 2.75) is 12.6 Å². The zero-order chi connectivity index (χ0) is 13.9. The molecule has 0 aliphatic carbocycles. The summed E-state index contributed by atoms with van der Waals surface area (Å²) in [5.41, 5.74) is 2.44. The molecule has 4 heteroatoms. The fourth-order valence-corrected chi connectivity index (χ4v) is 2.57. The molecule has 1 saturated heterocycles. The Morgan fingerprint density at radius 2 is 2.00 bits per heavy atom. The van der Waals surface area contributed by atoms with Gasteiger partial charge in [-0.15, -0.1) is 0 Å². The molecule has 0 atom stereocenters. The number of likely N-dealkylation sites (N-methyl/N-ethyl adjacent to an activating group) is 1. The first-order valence-corrected chi connectivity index (χ1v) is 7.03. The first-order chi connectivity index (χ1) is 9.74. The van der Waals surface area contributed by atoms with Gasteiger partial charge in [0.25, 0.3) is 0 Å². The van der Waals surface area contributed by atoms with Gasteiger partial charge in [0.2, 0.25) is 0 Å². The van der Waals surface area contributed by atoms with Crippen LogP contribution in [0.25, 0.3) is 0 Å². The number of halogens is 1. The summed E-state index contributed by atoms with van der Waals surface area (Å²) in [4.78, 5) is 4.61. The van der Waals surface area contributed by atoms with Crippen LogP contribution in [0.3, 0.4) is 0 Å². The second-order valence-corrected chi connectivity index (χ2v) is 5.39. The van der Waals surface area contributed by atoms with Crippen LogP contribution in [-0.4, -0.2) is 42.5 Å². The fourth-order valence-electron chi connectivity index (χ4n) is 2.57. The molecular formula is C16H20FN3. The van der Waals surface area contributed by atoms with Gasteiger partial charge in [0, 0.05) is 44.1 Å². The summed E-state index contributed by atoms with van der Waals surface area (Å²) >= 11 is 0. The van der Waals surface area contributed by atoms with E-state index in [0.29, 0.717) is 6.04 Å². The van der Waals surface area contributed by atoms with E-state index in [1.165, 1.54) is 17.8 Å². The van der Waals surface area contributed by atoms with Crippen molar-refractivity contribution in [1.82, 2.24) is 15.1 Å². The molecule has 20 heavy (non-hydrogen) atoms. The zero-order valence-electron chi connectivity index (χ0n) is 11.7. The summed E-state index contributed by atoms with van der Waals surface area (Å²) in [5.74, 6) is -0.179. The maximum absolute atomic E-state index is 12.9. The average molecular weight is 273 g/mol. The highest BCUT2D eigenvalue weighted by Gasteiger charge is 2.26. The van der Waals surface area contributed by atoms with Gasteiger partial charge in [-0.1, -0.05) is 12.1 Å². The number of nitrogens with zero attached hydrogens (tertiary/aromatic N) is 2. The van der Waals surface area contributed by atoms with Crippen molar-refractivity contribution >= 4 is 0 Å². The van der Waals surface area contributed by atoms with Crippen molar-refractivity contribution in [3.05, 3.63) is 59.7 Å². The van der Waals surface area contributed by atoms with Crippen molar-refractivity contribution in [1.29, 1.82) is 0 Å². The summed E-state index contributed by atoms with van der Waals surface area (Å²) in [6, 6.07) is 7.34. The maximum Gasteiger partial charge on any atom is 0.123 e. The van der Waals surface area contributed by atoms with Crippen LogP contribution in [0.5, 0.6) is 0 Å². The Morgan fingerprint density at radius 3 is 2.60 bits per heavy atom. The minimum absolute atomic E-state index is 0.179. The molecule has 1 aromatic carbocycles. The predicted octanol–water partition coefficient (Wildman–Crippen LogP) is 1.94. The fraction of sp³-hybridized carbons (Fsp3) is 0.375. The SMILES string of the molecule is CNC1CN(C2=CCN(Cc3ccc(F)cc3)C=C2)C1. The van der Waals surface area contributed by atoms with Gasteiger partial charge in [0.05, 0.1) is 0 Å². The monoisotopic (exact) mass is 273 g/mol. The third-order valence-corrected chi connectivity index (χ3v) is 3.94. The molecule has 106 valence electrons. The molecule has 0 bridgehead atoms. The average Bonchev–Trinajstić information content (AvgIpc) is 2.42. The molecule has 0 amide bonds. The maximum atomic E-state index is 12.9. The molecule has 2 aliphatic heterocycles. The molecule has 0 aromatic heterocycles. The van der Waals surface area contributed by atoms with Gasteiger partial charge >= 0.3 is 0 Å². The number of benzene rings is 1. The lowest BCUT2D eigenvalue weighted by Gasteiger charge is -2.42. The third kappa shape index (κ3) is 2.85. The van der Waals surface area contributed by atoms with Crippen LogP contribution in [0.4, 0.5) is 4.39 Å². The minimum Gasteiger partial charge on any atom is -0.369 e. The zero-order valence-corrected chi connectivity index (χ0v) is 11.7. The summed E-state index contributed by atoms with van der Waals surface area (Å²) < 4.78 is 12.9. The number of likely N-dealkylation sites (tertiary alicyclic amines) is 1. The van der Waals surface area contributed by atoms with Gasteiger partial charge in [-0.2, -0.15) is 0 Å². The van der Waals surface area contributed by atoms with Crippen LogP contribution in [0, 0.1) is 5.82 Å². The van der Waals surface area contributed by atoms with Crippen LogP contribution < -0.4 is 5.32 Å². The van der Waals surface area contributed by atoms with Crippen LogP contribution in [0.2, 0.25) is 0 Å². The molecular weight excluding hydrogens is 253 g/mol. The Kier molecular flexibility index (Phi) is 3.74. The number of hydrogen-bond acceptors (Lipinski definition) is 3. The Bertz CT molecular complexity index is 515. The Hall–Kier alpha value is -1.81. The van der Waals surface area contributed by atoms with E-state index >= 15 is 0 Å². The first-order valence-electron chi connectivity index (χ1n) is 7.03. The topological polar surface area (TPSA) is 18.5 Å². The van der Waals surface area contributed by atoms with E-state index in [9.17, 15) is 4.39 Å². The van der Waals surface area contributed by atoms with Gasteiger partial charge in [0.1, 0.15) is 5.82 Å². The summed E-state index contributed by atoms with van der Waals surface area (Å²) in [7, 11) is 2.01. The lowest BCUT2D eigenvalue weighted by atomic mass is 10.1. The summed E-state index contributed by atoms with van der Waals surface area (Å²) in [5, 5.41) is 3.28. The number of nitrogens with one attached hydrogen (secondary N) is 1. The number of rotatable bonds is 4. The summed E-state index contributed by atoms with van der Waals surface area (Å²) in [6.45, 7) is 3.90. The molecule has 2 heterocycles. The standard InChI is InChI=1S/C16H20FN3/c1-18-15-11-20(12-15)16-6-8-19(9-7-16)10-13-2-4-14(17)5-3-13/h2-8,15,18H,9-12H2,1H3. The number of allylic oxidation sites excluding steroid dienone is 1. The predicted molar refractivity (Wildman–Crippen MR) is 78.5 cm³/mol. The highest BCUT2D eigenvalue weighted by atomic mass is 19.1. The summed E-state index contributed by atoms with van der Waals surface area (Å²) in [6.07, 6.45) is 6.56. The van der Waals surface area contributed by atoms with E-state index in [0.717, 1.165) is 31.7 Å². The lowest BCUT2D eigenvalue weighted by molar-refractivity contribution is 0.180. The molecule has 3 nitrogen and oxygen atoms in total.